The zero-order valence-electron chi connectivity index (χ0n) is 15.3. The normalized spacial score (nSPS) is 12.9. The van der Waals surface area contributed by atoms with Crippen molar-refractivity contribution in [2.24, 2.45) is 7.05 Å². The quantitative estimate of drug-likeness (QED) is 0.475. The average Bonchev–Trinajstić information content (AvgIpc) is 2.95. The molecule has 0 aromatic carbocycles. The molecule has 2 heterocycles. The van der Waals surface area contributed by atoms with Gasteiger partial charge in [-0.3, -0.25) is 4.98 Å². The molecule has 0 N–H and O–H groups in total. The molecule has 0 aliphatic rings. The lowest BCUT2D eigenvalue weighted by Gasteiger charge is -2.22. The van der Waals surface area contributed by atoms with Crippen LogP contribution in [-0.4, -0.2) is 42.7 Å². The predicted octanol–water partition coefficient (Wildman–Crippen LogP) is 2.10. The highest BCUT2D eigenvalue weighted by Crippen LogP contribution is 2.36. The lowest BCUT2D eigenvalue weighted by molar-refractivity contribution is -0.661. The first-order valence-corrected chi connectivity index (χ1v) is 10.6. The van der Waals surface area contributed by atoms with Gasteiger partial charge in [-0.25, -0.2) is 16.8 Å². The molecule has 2 rings (SSSR count). The fourth-order valence-electron chi connectivity index (χ4n) is 1.77. The van der Waals surface area contributed by atoms with Crippen LogP contribution in [0.2, 0.25) is 0 Å². The van der Waals surface area contributed by atoms with E-state index in [9.17, 15) is 43.2 Å². The Hall–Kier alpha value is -2.27. The maximum atomic E-state index is 11.4. The van der Waals surface area contributed by atoms with Gasteiger partial charge in [-0.2, -0.15) is 26.3 Å². The summed E-state index contributed by atoms with van der Waals surface area (Å²) in [5, 5.41) is 4.41. The van der Waals surface area contributed by atoms with E-state index in [4.69, 9.17) is 0 Å². The fourth-order valence-corrected chi connectivity index (χ4v) is 3.48. The van der Waals surface area contributed by atoms with E-state index in [-0.39, 0.29) is 0 Å². The third-order valence-corrected chi connectivity index (χ3v) is 5.87. The van der Waals surface area contributed by atoms with Crippen LogP contribution in [0, 0.1) is 0 Å². The molecule has 0 radical (unpaired) electrons. The van der Waals surface area contributed by atoms with Crippen LogP contribution in [0.1, 0.15) is 19.0 Å². The second-order valence-electron chi connectivity index (χ2n) is 5.45. The number of hydrogen-bond donors (Lipinski definition) is 0. The molecule has 0 spiro atoms. The summed E-state index contributed by atoms with van der Waals surface area (Å²) in [6.07, 6.45) is 7.81. The Morgan fingerprint density at radius 2 is 1.47 bits per heavy atom. The zero-order valence-corrected chi connectivity index (χ0v) is 16.9. The summed E-state index contributed by atoms with van der Waals surface area (Å²) in [7, 11) is -11.5. The number of sulfonamides is 2. The van der Waals surface area contributed by atoms with E-state index >= 15 is 0 Å². The minimum Gasteiger partial charge on any atom is -0.421 e. The Balaban J connectivity index is 0.000000300. The average molecular weight is 483 g/mol. The smallest absolute Gasteiger partial charge is 0.421 e. The number of hydrogen-bond acceptors (Lipinski definition) is 6. The number of rotatable bonds is 5. The summed E-state index contributed by atoms with van der Waals surface area (Å²) < 4.78 is 113. The van der Waals surface area contributed by atoms with Crippen molar-refractivity contribution in [2.45, 2.75) is 30.8 Å². The zero-order chi connectivity index (χ0) is 23.4. The largest absolute Gasteiger partial charge is 0.480 e. The number of alkyl halides is 6. The van der Waals surface area contributed by atoms with Gasteiger partial charge in [-0.1, -0.05) is 6.92 Å². The van der Waals surface area contributed by atoms with Crippen LogP contribution in [-0.2, 0) is 33.5 Å². The highest BCUT2D eigenvalue weighted by molar-refractivity contribution is 8.13. The van der Waals surface area contributed by atoms with Crippen LogP contribution in [0.5, 0.6) is 0 Å². The molecule has 9 nitrogen and oxygen atoms in total. The highest BCUT2D eigenvalue weighted by Gasteiger charge is 2.46. The second-order valence-corrected chi connectivity index (χ2v) is 8.87. The summed E-state index contributed by atoms with van der Waals surface area (Å²) >= 11 is 0. The van der Waals surface area contributed by atoms with E-state index in [2.05, 4.69) is 23.3 Å². The van der Waals surface area contributed by atoms with Crippen LogP contribution in [0.25, 0.3) is 9.81 Å². The van der Waals surface area contributed by atoms with Gasteiger partial charge in [0.1, 0.15) is 7.05 Å². The van der Waals surface area contributed by atoms with Crippen molar-refractivity contribution < 1.29 is 47.9 Å². The monoisotopic (exact) mass is 483 g/mol. The van der Waals surface area contributed by atoms with E-state index in [0.717, 1.165) is 22.7 Å². The molecule has 30 heavy (non-hydrogen) atoms. The minimum atomic E-state index is -6.72. The standard InChI is InChI=1S/C11H15N4.C2F6NO4S2/c1-3-4-11-9-15(13-14(11)2)10-5-7-12-8-6-10;3-1(4,5)14(10,11)9-15(12,13)2(6,7)8/h5-9H,3-4H2,1-2H3;/q+1;-1. The molecule has 0 aliphatic heterocycles. The van der Waals surface area contributed by atoms with Crippen molar-refractivity contribution in [1.82, 2.24) is 14.9 Å². The first-order valence-electron chi connectivity index (χ1n) is 7.74. The Morgan fingerprint density at radius 1 is 1.00 bits per heavy atom. The Labute approximate surface area is 167 Å². The van der Waals surface area contributed by atoms with E-state index in [1.54, 1.807) is 12.4 Å². The topological polar surface area (TPSA) is 117 Å². The molecule has 0 atom stereocenters. The number of aryl methyl sites for hydroxylation is 2. The summed E-state index contributed by atoms with van der Waals surface area (Å²) in [5.74, 6) is 0. The number of halogens is 6. The van der Waals surface area contributed by atoms with Crippen molar-refractivity contribution >= 4 is 20.0 Å². The van der Waals surface area contributed by atoms with Gasteiger partial charge in [0.2, 0.25) is 0 Å². The van der Waals surface area contributed by atoms with Gasteiger partial charge in [0.25, 0.3) is 0 Å². The van der Waals surface area contributed by atoms with Gasteiger partial charge in [0, 0.05) is 30.9 Å². The molecule has 2 aromatic rings. The fraction of sp³-hybridized carbons (Fsp3) is 0.462. The Kier molecular flexibility index (Phi) is 7.95. The number of pyridine rings is 1. The molecule has 0 bridgehead atoms. The summed E-state index contributed by atoms with van der Waals surface area (Å²) in [6.45, 7) is 2.17. The molecule has 170 valence electrons. The highest BCUT2D eigenvalue weighted by atomic mass is 32.3. The van der Waals surface area contributed by atoms with Gasteiger partial charge in [-0.15, -0.1) is 9.36 Å². The molecule has 2 aromatic heterocycles. The molecule has 17 heteroatoms. The Bertz CT molecular complexity index is 1010. The SMILES string of the molecule is CCCc1c[n+](-c2ccncc2)nn1C.O=S(=O)([N-]S(=O)(=O)C(F)(F)F)C(F)(F)F. The molecular weight excluding hydrogens is 468 g/mol. The van der Waals surface area contributed by atoms with Gasteiger partial charge < -0.3 is 4.13 Å². The third kappa shape index (κ3) is 6.63. The van der Waals surface area contributed by atoms with E-state index < -0.39 is 31.1 Å². The molecule has 0 aliphatic carbocycles. The van der Waals surface area contributed by atoms with Crippen molar-refractivity contribution in [2.75, 3.05) is 0 Å². The van der Waals surface area contributed by atoms with Crippen molar-refractivity contribution in [3.05, 3.63) is 40.5 Å². The Morgan fingerprint density at radius 3 is 1.87 bits per heavy atom. The summed E-state index contributed by atoms with van der Waals surface area (Å²) in [4.78, 5) is 3.99. The first kappa shape index (κ1) is 25.8. The van der Waals surface area contributed by atoms with Crippen molar-refractivity contribution in [1.29, 1.82) is 0 Å². The summed E-state index contributed by atoms with van der Waals surface area (Å²) in [6, 6.07) is 3.89. The van der Waals surface area contributed by atoms with Gasteiger partial charge in [0.15, 0.2) is 37.6 Å². The molecule has 0 fully saturated rings. The maximum absolute atomic E-state index is 11.4. The van der Waals surface area contributed by atoms with Gasteiger partial charge in [0.05, 0.1) is 5.21 Å². The minimum absolute atomic E-state index is 0.778. The van der Waals surface area contributed by atoms with Gasteiger partial charge in [-0.05, 0) is 6.42 Å². The number of aromatic nitrogens is 4. The maximum Gasteiger partial charge on any atom is 0.480 e. The lowest BCUT2D eigenvalue weighted by Crippen LogP contribution is -2.32. The van der Waals surface area contributed by atoms with E-state index in [1.165, 1.54) is 5.69 Å². The van der Waals surface area contributed by atoms with Crippen LogP contribution >= 0.6 is 0 Å². The first-order chi connectivity index (χ1) is 13.5. The second kappa shape index (κ2) is 9.25. The molecule has 0 unspecified atom stereocenters. The summed E-state index contributed by atoms with van der Waals surface area (Å²) in [5.41, 5.74) is -10.1. The molecule has 0 saturated carbocycles. The predicted molar refractivity (Wildman–Crippen MR) is 89.8 cm³/mol. The van der Waals surface area contributed by atoms with Crippen molar-refractivity contribution in [3.8, 4) is 5.69 Å². The number of nitrogens with zero attached hydrogens (tertiary/aromatic N) is 5. The van der Waals surface area contributed by atoms with Crippen LogP contribution < -0.4 is 4.68 Å². The van der Waals surface area contributed by atoms with Crippen LogP contribution in [0.4, 0.5) is 26.3 Å². The molecule has 0 amide bonds. The molecular formula is C13H15F6N5O4S2. The van der Waals surface area contributed by atoms with Crippen molar-refractivity contribution in [3.63, 3.8) is 0 Å². The van der Waals surface area contributed by atoms with Crippen LogP contribution in [0.15, 0.2) is 30.7 Å². The third-order valence-electron chi connectivity index (χ3n) is 3.13. The van der Waals surface area contributed by atoms with E-state index in [0.29, 0.717) is 0 Å². The van der Waals surface area contributed by atoms with Gasteiger partial charge >= 0.3 is 11.0 Å². The van der Waals surface area contributed by atoms with E-state index in [1.807, 2.05) is 28.5 Å². The van der Waals surface area contributed by atoms with Crippen LogP contribution in [0.3, 0.4) is 0 Å². The molecule has 0 saturated heterocycles. The lowest BCUT2D eigenvalue weighted by atomic mass is 10.3.